The summed E-state index contributed by atoms with van der Waals surface area (Å²) in [6.45, 7) is 6.15. The Bertz CT molecular complexity index is 572. The monoisotopic (exact) mass is 338 g/mol. The van der Waals surface area contributed by atoms with Gasteiger partial charge in [-0.05, 0) is 47.6 Å². The maximum absolute atomic E-state index is 5.51. The highest BCUT2D eigenvalue weighted by molar-refractivity contribution is 8.91. The van der Waals surface area contributed by atoms with Crippen molar-refractivity contribution in [1.29, 1.82) is 0 Å². The van der Waals surface area contributed by atoms with Gasteiger partial charge in [-0.3, -0.25) is 0 Å². The lowest BCUT2D eigenvalue weighted by Gasteiger charge is -2.25. The van der Waals surface area contributed by atoms with Gasteiger partial charge in [0.2, 0.25) is 0 Å². The molecule has 0 bridgehead atoms. The molecule has 0 amide bonds. The molecule has 6 heteroatoms. The molecule has 0 atom stereocenters. The molecule has 1 aromatic carbocycles. The van der Waals surface area contributed by atoms with Gasteiger partial charge in [-0.15, -0.1) is 0 Å². The van der Waals surface area contributed by atoms with E-state index in [2.05, 4.69) is 47.9 Å². The molecular formula is C14H14N2S4. The Balaban J connectivity index is 2.23. The number of para-hydroxylation sites is 2. The molecule has 20 heavy (non-hydrogen) atoms. The van der Waals surface area contributed by atoms with Crippen LogP contribution in [-0.4, -0.2) is 21.5 Å². The Morgan fingerprint density at radius 2 is 1.35 bits per heavy atom. The Labute approximate surface area is 138 Å². The minimum Gasteiger partial charge on any atom is -0.326 e. The van der Waals surface area contributed by atoms with Crippen LogP contribution in [0.1, 0.15) is 13.8 Å². The molecule has 2 heterocycles. The molecule has 0 spiro atoms. The number of rotatable bonds is 2. The molecule has 0 unspecified atom stereocenters. The van der Waals surface area contributed by atoms with Crippen LogP contribution in [0.3, 0.4) is 0 Å². The highest BCUT2D eigenvalue weighted by Gasteiger charge is 2.36. The number of thiocarbonyl (C=S) groups is 2. The van der Waals surface area contributed by atoms with Crippen LogP contribution in [0.5, 0.6) is 0 Å². The summed E-state index contributed by atoms with van der Waals surface area (Å²) in [4.78, 5) is 4.64. The van der Waals surface area contributed by atoms with Crippen molar-refractivity contribution in [2.75, 3.05) is 22.9 Å². The SMILES string of the molecule is CCN1C(=C2C(=S)SSC2=S)N(CC)c2ccccc21. The van der Waals surface area contributed by atoms with Gasteiger partial charge >= 0.3 is 0 Å². The van der Waals surface area contributed by atoms with Crippen LogP contribution in [-0.2, 0) is 0 Å². The van der Waals surface area contributed by atoms with E-state index < -0.39 is 0 Å². The maximum atomic E-state index is 5.51. The van der Waals surface area contributed by atoms with E-state index in [0.717, 1.165) is 32.9 Å². The largest absolute Gasteiger partial charge is 0.326 e. The Hall–Kier alpha value is -0.560. The molecule has 104 valence electrons. The molecule has 0 N–H and O–H groups in total. The molecule has 2 nitrogen and oxygen atoms in total. The van der Waals surface area contributed by atoms with Crippen molar-refractivity contribution >= 4 is 65.8 Å². The van der Waals surface area contributed by atoms with E-state index in [4.69, 9.17) is 24.4 Å². The van der Waals surface area contributed by atoms with Gasteiger partial charge in [0.25, 0.3) is 0 Å². The first kappa shape index (κ1) is 14.4. The number of hydrogen-bond donors (Lipinski definition) is 0. The normalized spacial score (nSPS) is 18.3. The Morgan fingerprint density at radius 1 is 0.900 bits per heavy atom. The minimum atomic E-state index is 0.903. The lowest BCUT2D eigenvalue weighted by molar-refractivity contribution is 0.898. The van der Waals surface area contributed by atoms with Crippen LogP contribution in [0.4, 0.5) is 11.4 Å². The number of nitrogens with zero attached hydrogens (tertiary/aromatic N) is 2. The van der Waals surface area contributed by atoms with Crippen molar-refractivity contribution in [3.63, 3.8) is 0 Å². The topological polar surface area (TPSA) is 6.48 Å². The summed E-state index contributed by atoms with van der Waals surface area (Å²) in [5.41, 5.74) is 3.55. The van der Waals surface area contributed by atoms with E-state index in [1.54, 1.807) is 21.6 Å². The molecule has 2 aliphatic rings. The smallest absolute Gasteiger partial charge is 0.125 e. The second-order valence-corrected chi connectivity index (χ2v) is 7.90. The zero-order chi connectivity index (χ0) is 14.3. The van der Waals surface area contributed by atoms with E-state index in [1.807, 2.05) is 0 Å². The van der Waals surface area contributed by atoms with Gasteiger partial charge in [0.05, 0.1) is 25.3 Å². The van der Waals surface area contributed by atoms with Crippen molar-refractivity contribution in [2.24, 2.45) is 0 Å². The highest BCUT2D eigenvalue weighted by Crippen LogP contribution is 2.48. The fourth-order valence-electron chi connectivity index (χ4n) is 2.63. The third kappa shape index (κ3) is 2.09. The van der Waals surface area contributed by atoms with Gasteiger partial charge in [-0.1, -0.05) is 36.6 Å². The summed E-state index contributed by atoms with van der Waals surface area (Å²) in [7, 11) is 3.20. The Kier molecular flexibility index (Phi) is 4.08. The lowest BCUT2D eigenvalue weighted by atomic mass is 10.2. The average molecular weight is 339 g/mol. The quantitative estimate of drug-likeness (QED) is 0.438. The van der Waals surface area contributed by atoms with Gasteiger partial charge in [0, 0.05) is 13.1 Å². The van der Waals surface area contributed by atoms with Crippen molar-refractivity contribution in [1.82, 2.24) is 0 Å². The zero-order valence-corrected chi connectivity index (χ0v) is 14.5. The van der Waals surface area contributed by atoms with Crippen LogP contribution in [0.15, 0.2) is 35.7 Å². The molecule has 2 aliphatic heterocycles. The van der Waals surface area contributed by atoms with Crippen LogP contribution in [0, 0.1) is 0 Å². The molecular weight excluding hydrogens is 324 g/mol. The molecule has 1 aromatic rings. The van der Waals surface area contributed by atoms with Gasteiger partial charge < -0.3 is 9.80 Å². The summed E-state index contributed by atoms with van der Waals surface area (Å²) in [6.07, 6.45) is 0. The Morgan fingerprint density at radius 3 is 1.75 bits per heavy atom. The van der Waals surface area contributed by atoms with Gasteiger partial charge in [-0.25, -0.2) is 0 Å². The third-order valence-corrected chi connectivity index (χ3v) is 7.02. The van der Waals surface area contributed by atoms with Crippen molar-refractivity contribution < 1.29 is 0 Å². The van der Waals surface area contributed by atoms with Crippen molar-refractivity contribution in [3.8, 4) is 0 Å². The fraction of sp³-hybridized carbons (Fsp3) is 0.286. The number of anilines is 2. The first-order chi connectivity index (χ1) is 9.69. The third-order valence-electron chi connectivity index (χ3n) is 3.43. The van der Waals surface area contributed by atoms with E-state index in [9.17, 15) is 0 Å². The van der Waals surface area contributed by atoms with Crippen LogP contribution in [0.25, 0.3) is 0 Å². The van der Waals surface area contributed by atoms with E-state index in [1.165, 1.54) is 11.4 Å². The zero-order valence-electron chi connectivity index (χ0n) is 11.3. The molecule has 1 fully saturated rings. The van der Waals surface area contributed by atoms with E-state index >= 15 is 0 Å². The number of benzene rings is 1. The predicted molar refractivity (Wildman–Crippen MR) is 99.9 cm³/mol. The molecule has 1 saturated heterocycles. The van der Waals surface area contributed by atoms with Gasteiger partial charge in [-0.2, -0.15) is 0 Å². The first-order valence-electron chi connectivity index (χ1n) is 6.50. The van der Waals surface area contributed by atoms with Gasteiger partial charge in [0.1, 0.15) is 5.82 Å². The van der Waals surface area contributed by atoms with E-state index in [-0.39, 0.29) is 0 Å². The van der Waals surface area contributed by atoms with Crippen LogP contribution < -0.4 is 9.80 Å². The highest BCUT2D eigenvalue weighted by atomic mass is 33.1. The first-order valence-corrected chi connectivity index (χ1v) is 9.47. The molecule has 0 saturated carbocycles. The van der Waals surface area contributed by atoms with E-state index in [0.29, 0.717) is 0 Å². The maximum Gasteiger partial charge on any atom is 0.125 e. The molecule has 0 radical (unpaired) electrons. The predicted octanol–water partition coefficient (Wildman–Crippen LogP) is 4.61. The molecule has 3 rings (SSSR count). The summed E-state index contributed by atoms with van der Waals surface area (Å²) in [6, 6.07) is 8.49. The number of fused-ring (bicyclic) bond motifs is 1. The van der Waals surface area contributed by atoms with Gasteiger partial charge in [0.15, 0.2) is 0 Å². The fourth-order valence-corrected chi connectivity index (χ4v) is 5.55. The minimum absolute atomic E-state index is 0.903. The second-order valence-electron chi connectivity index (χ2n) is 4.42. The summed E-state index contributed by atoms with van der Waals surface area (Å²) in [5.74, 6) is 1.16. The molecule has 0 aliphatic carbocycles. The standard InChI is InChI=1S/C14H14N2S4/c1-3-15-9-7-5-6-8-10(9)16(4-2)12(15)11-13(17)19-20-14(11)18/h5-8H,3-4H2,1-2H3. The molecule has 0 aromatic heterocycles. The lowest BCUT2D eigenvalue weighted by Crippen LogP contribution is -2.31. The number of hydrogen-bond acceptors (Lipinski definition) is 6. The van der Waals surface area contributed by atoms with Crippen molar-refractivity contribution in [2.45, 2.75) is 13.8 Å². The second kappa shape index (κ2) is 5.67. The summed E-state index contributed by atoms with van der Waals surface area (Å²) >= 11 is 11.0. The average Bonchev–Trinajstić information content (AvgIpc) is 2.95. The van der Waals surface area contributed by atoms with Crippen LogP contribution >= 0.6 is 46.0 Å². The summed E-state index contributed by atoms with van der Waals surface area (Å²) < 4.78 is 1.81. The van der Waals surface area contributed by atoms with Crippen LogP contribution in [0.2, 0.25) is 0 Å². The summed E-state index contributed by atoms with van der Waals surface area (Å²) in [5, 5.41) is 0. The van der Waals surface area contributed by atoms with Crippen molar-refractivity contribution in [3.05, 3.63) is 35.7 Å².